The van der Waals surface area contributed by atoms with Crippen molar-refractivity contribution in [1.82, 2.24) is 9.97 Å². The lowest BCUT2D eigenvalue weighted by molar-refractivity contribution is -0.383. The molecule has 1 heterocycles. The summed E-state index contributed by atoms with van der Waals surface area (Å²) in [6.07, 6.45) is 1.25. The fourth-order valence-corrected chi connectivity index (χ4v) is 4.30. The molecule has 0 aliphatic heterocycles. The molecule has 1 atom stereocenters. The molecule has 37 heavy (non-hydrogen) atoms. The van der Waals surface area contributed by atoms with E-state index in [1.165, 1.54) is 6.33 Å². The monoisotopic (exact) mass is 532 g/mol. The van der Waals surface area contributed by atoms with Gasteiger partial charge in [-0.1, -0.05) is 53.5 Å². The predicted molar refractivity (Wildman–Crippen MR) is 146 cm³/mol. The number of halogens is 2. The molecule has 4 rings (SSSR count). The summed E-state index contributed by atoms with van der Waals surface area (Å²) >= 11 is 12.6. The Kier molecular flexibility index (Phi) is 7.58. The zero-order chi connectivity index (χ0) is 26.7. The Balaban J connectivity index is 1.70. The number of nitro groups is 1. The van der Waals surface area contributed by atoms with Crippen LogP contribution in [0.5, 0.6) is 0 Å². The van der Waals surface area contributed by atoms with Gasteiger partial charge in [-0.2, -0.15) is 5.26 Å². The number of hydrogen-bond donors (Lipinski definition) is 2. The van der Waals surface area contributed by atoms with E-state index in [0.717, 1.165) is 22.3 Å². The first-order valence-electron chi connectivity index (χ1n) is 11.2. The molecule has 0 amide bonds. The van der Waals surface area contributed by atoms with Crippen molar-refractivity contribution in [2.45, 2.75) is 26.7 Å². The van der Waals surface area contributed by atoms with Crippen molar-refractivity contribution in [3.05, 3.63) is 109 Å². The van der Waals surface area contributed by atoms with Crippen molar-refractivity contribution in [2.75, 3.05) is 10.6 Å². The van der Waals surface area contributed by atoms with Gasteiger partial charge in [0.15, 0.2) is 0 Å². The highest BCUT2D eigenvalue weighted by molar-refractivity contribution is 6.32. The first kappa shape index (κ1) is 25.9. The van der Waals surface area contributed by atoms with E-state index in [1.54, 1.807) is 36.4 Å². The molecule has 10 heteroatoms. The van der Waals surface area contributed by atoms with Gasteiger partial charge in [-0.25, -0.2) is 9.97 Å². The number of nitrogens with one attached hydrogen (secondary N) is 2. The van der Waals surface area contributed by atoms with Gasteiger partial charge in [0.2, 0.25) is 11.6 Å². The summed E-state index contributed by atoms with van der Waals surface area (Å²) in [6.45, 7) is 5.66. The highest BCUT2D eigenvalue weighted by Crippen LogP contribution is 2.38. The molecule has 0 spiro atoms. The van der Waals surface area contributed by atoms with Crippen molar-refractivity contribution in [3.63, 3.8) is 0 Å². The zero-order valence-electron chi connectivity index (χ0n) is 20.2. The normalized spacial score (nSPS) is 11.5. The van der Waals surface area contributed by atoms with Gasteiger partial charge in [-0.05, 0) is 72.9 Å². The van der Waals surface area contributed by atoms with Crippen LogP contribution < -0.4 is 10.6 Å². The number of aromatic nitrogens is 2. The quantitative estimate of drug-likeness (QED) is 0.184. The van der Waals surface area contributed by atoms with Crippen LogP contribution in [0.25, 0.3) is 0 Å². The largest absolute Gasteiger partial charge is 0.353 e. The number of benzene rings is 3. The molecule has 0 fully saturated rings. The summed E-state index contributed by atoms with van der Waals surface area (Å²) < 4.78 is 0. The Morgan fingerprint density at radius 3 is 2.14 bits per heavy atom. The maximum Gasteiger partial charge on any atom is 0.353 e. The van der Waals surface area contributed by atoms with Crippen LogP contribution in [0.3, 0.4) is 0 Å². The van der Waals surface area contributed by atoms with E-state index in [9.17, 15) is 15.4 Å². The van der Waals surface area contributed by atoms with Gasteiger partial charge in [0.1, 0.15) is 6.33 Å². The van der Waals surface area contributed by atoms with E-state index in [2.05, 4.69) is 26.7 Å². The average Bonchev–Trinajstić information content (AvgIpc) is 2.85. The minimum absolute atomic E-state index is 0.00857. The van der Waals surface area contributed by atoms with Crippen LogP contribution in [-0.2, 0) is 0 Å². The second-order valence-electron chi connectivity index (χ2n) is 8.55. The number of hydrogen-bond acceptors (Lipinski definition) is 7. The van der Waals surface area contributed by atoms with Crippen molar-refractivity contribution in [1.29, 1.82) is 5.26 Å². The van der Waals surface area contributed by atoms with E-state index in [-0.39, 0.29) is 17.3 Å². The van der Waals surface area contributed by atoms with Crippen LogP contribution in [0.2, 0.25) is 10.0 Å². The molecule has 0 radical (unpaired) electrons. The fraction of sp³-hybridized carbons (Fsp3) is 0.148. The Morgan fingerprint density at radius 1 is 0.919 bits per heavy atom. The van der Waals surface area contributed by atoms with Crippen molar-refractivity contribution in [3.8, 4) is 6.07 Å². The third-order valence-corrected chi connectivity index (χ3v) is 6.47. The van der Waals surface area contributed by atoms with E-state index < -0.39 is 10.8 Å². The van der Waals surface area contributed by atoms with Gasteiger partial charge in [0.05, 0.1) is 16.9 Å². The first-order chi connectivity index (χ1) is 17.7. The van der Waals surface area contributed by atoms with Crippen LogP contribution >= 0.6 is 23.2 Å². The summed E-state index contributed by atoms with van der Waals surface area (Å²) in [5.41, 5.74) is 4.93. The van der Waals surface area contributed by atoms with E-state index in [1.807, 2.05) is 39.0 Å². The second kappa shape index (κ2) is 10.8. The molecule has 1 aromatic heterocycles. The van der Waals surface area contributed by atoms with Gasteiger partial charge in [0.25, 0.3) is 0 Å². The minimum atomic E-state index is -0.612. The van der Waals surface area contributed by atoms with Crippen molar-refractivity contribution >= 4 is 51.9 Å². The summed E-state index contributed by atoms with van der Waals surface area (Å²) in [5.74, 6) is -0.544. The number of nitriles is 1. The maximum absolute atomic E-state index is 12.1. The van der Waals surface area contributed by atoms with E-state index >= 15 is 0 Å². The predicted octanol–water partition coefficient (Wildman–Crippen LogP) is 7.76. The summed E-state index contributed by atoms with van der Waals surface area (Å²) in [7, 11) is 0. The topological polar surface area (TPSA) is 117 Å². The number of anilines is 4. The van der Waals surface area contributed by atoms with Crippen LogP contribution in [0.1, 0.15) is 33.7 Å². The van der Waals surface area contributed by atoms with Gasteiger partial charge in [-0.15, -0.1) is 0 Å². The SMILES string of the molecule is Cc1ccc(C)c(Nc2ncnc(Nc3cc(Cl)c(C(C#N)c4ccc(Cl)cc4)cc3C)c2[N+](=O)[O-])c1. The standard InChI is InChI=1S/C27H22Cl2N6O2/c1-15-4-5-16(2)23(10-15)33-26-25(35(36)37)27(32-14-31-26)34-24-12-22(29)20(11-17(24)3)21(13-30)18-6-8-19(28)9-7-18/h4-12,14,21H,1-3H3,(H2,31,32,33,34). The van der Waals surface area contributed by atoms with Crippen LogP contribution in [0.15, 0.2) is 60.9 Å². The molecule has 3 aromatic carbocycles. The van der Waals surface area contributed by atoms with Gasteiger partial charge < -0.3 is 10.6 Å². The molecule has 186 valence electrons. The molecular weight excluding hydrogens is 511 g/mol. The molecule has 0 saturated carbocycles. The fourth-order valence-electron chi connectivity index (χ4n) is 3.90. The molecule has 1 unspecified atom stereocenters. The van der Waals surface area contributed by atoms with Crippen LogP contribution in [0.4, 0.5) is 28.7 Å². The molecule has 8 nitrogen and oxygen atoms in total. The third kappa shape index (κ3) is 5.64. The first-order valence-corrected chi connectivity index (χ1v) is 12.0. The zero-order valence-corrected chi connectivity index (χ0v) is 21.7. The molecule has 0 bridgehead atoms. The Morgan fingerprint density at radius 2 is 1.54 bits per heavy atom. The van der Waals surface area contributed by atoms with Crippen LogP contribution in [0, 0.1) is 42.2 Å². The summed E-state index contributed by atoms with van der Waals surface area (Å²) in [6, 6.07) is 18.5. The Hall–Kier alpha value is -4.19. The Labute approximate surface area is 224 Å². The molecule has 4 aromatic rings. The van der Waals surface area contributed by atoms with Gasteiger partial charge in [0, 0.05) is 21.4 Å². The highest BCUT2D eigenvalue weighted by atomic mass is 35.5. The molecule has 0 saturated heterocycles. The van der Waals surface area contributed by atoms with Crippen LogP contribution in [-0.4, -0.2) is 14.9 Å². The van der Waals surface area contributed by atoms with Crippen molar-refractivity contribution in [2.24, 2.45) is 0 Å². The van der Waals surface area contributed by atoms with Gasteiger partial charge >= 0.3 is 5.69 Å². The average molecular weight is 533 g/mol. The summed E-state index contributed by atoms with van der Waals surface area (Å²) in [4.78, 5) is 19.8. The lowest BCUT2D eigenvalue weighted by Gasteiger charge is -2.17. The lowest BCUT2D eigenvalue weighted by Crippen LogP contribution is -2.07. The number of rotatable bonds is 7. The summed E-state index contributed by atoms with van der Waals surface area (Å²) in [5, 5.41) is 28.9. The lowest BCUT2D eigenvalue weighted by atomic mass is 9.91. The minimum Gasteiger partial charge on any atom is -0.334 e. The smallest absolute Gasteiger partial charge is 0.334 e. The number of nitrogens with zero attached hydrogens (tertiary/aromatic N) is 4. The molecule has 0 aliphatic carbocycles. The van der Waals surface area contributed by atoms with E-state index in [4.69, 9.17) is 23.2 Å². The highest BCUT2D eigenvalue weighted by Gasteiger charge is 2.25. The second-order valence-corrected chi connectivity index (χ2v) is 9.39. The third-order valence-electron chi connectivity index (χ3n) is 5.89. The molecule has 2 N–H and O–H groups in total. The van der Waals surface area contributed by atoms with Gasteiger partial charge in [-0.3, -0.25) is 10.1 Å². The van der Waals surface area contributed by atoms with Crippen molar-refractivity contribution < 1.29 is 4.92 Å². The maximum atomic E-state index is 12.1. The number of aryl methyl sites for hydroxylation is 3. The molecule has 0 aliphatic rings. The molecular formula is C27H22Cl2N6O2. The Bertz CT molecular complexity index is 1530. The van der Waals surface area contributed by atoms with E-state index in [0.29, 0.717) is 27.0 Å².